The second-order valence-corrected chi connectivity index (χ2v) is 4.25. The van der Waals surface area contributed by atoms with Crippen LogP contribution in [0.1, 0.15) is 25.7 Å². The van der Waals surface area contributed by atoms with Crippen molar-refractivity contribution < 1.29 is 4.79 Å². The van der Waals surface area contributed by atoms with Gasteiger partial charge in [-0.15, -0.1) is 0 Å². The van der Waals surface area contributed by atoms with E-state index in [-0.39, 0.29) is 5.91 Å². The van der Waals surface area contributed by atoms with Crippen molar-refractivity contribution in [3.05, 3.63) is 0 Å². The molecule has 0 aromatic heterocycles. The molecule has 3 N–H and O–H groups in total. The van der Waals surface area contributed by atoms with Crippen LogP contribution in [0.4, 0.5) is 0 Å². The molecule has 1 amide bonds. The van der Waals surface area contributed by atoms with Crippen LogP contribution in [0.3, 0.4) is 0 Å². The first-order chi connectivity index (χ1) is 6.84. The van der Waals surface area contributed by atoms with Crippen molar-refractivity contribution in [2.45, 2.75) is 37.8 Å². The van der Waals surface area contributed by atoms with Crippen LogP contribution in [-0.2, 0) is 4.79 Å². The molecule has 0 aliphatic carbocycles. The molecule has 2 unspecified atom stereocenters. The lowest BCUT2D eigenvalue weighted by Crippen LogP contribution is -2.39. The Morgan fingerprint density at radius 2 is 2.14 bits per heavy atom. The number of hydrogen-bond acceptors (Lipinski definition) is 3. The molecular weight excluding hydrogens is 178 g/mol. The number of carbonyl (C=O) groups is 1. The molecule has 4 heteroatoms. The third-order valence-electron chi connectivity index (χ3n) is 3.02. The highest BCUT2D eigenvalue weighted by atomic mass is 16.1. The Kier molecular flexibility index (Phi) is 3.37. The van der Waals surface area contributed by atoms with Gasteiger partial charge in [0.05, 0.1) is 0 Å². The molecule has 0 spiro atoms. The highest BCUT2D eigenvalue weighted by Crippen LogP contribution is 2.08. The van der Waals surface area contributed by atoms with Gasteiger partial charge in [-0.2, -0.15) is 0 Å². The van der Waals surface area contributed by atoms with E-state index in [0.717, 1.165) is 19.6 Å². The van der Waals surface area contributed by atoms with Gasteiger partial charge in [-0.1, -0.05) is 0 Å². The summed E-state index contributed by atoms with van der Waals surface area (Å²) in [6, 6.07) is 0.966. The lowest BCUT2D eigenvalue weighted by Gasteiger charge is -2.19. The molecule has 2 aliphatic rings. The number of carbonyl (C=O) groups excluding carboxylic acids is 1. The van der Waals surface area contributed by atoms with E-state index < -0.39 is 0 Å². The van der Waals surface area contributed by atoms with E-state index in [2.05, 4.69) is 16.0 Å². The Morgan fingerprint density at radius 1 is 1.21 bits per heavy atom. The van der Waals surface area contributed by atoms with Crippen LogP contribution in [0.25, 0.3) is 0 Å². The summed E-state index contributed by atoms with van der Waals surface area (Å²) in [6.45, 7) is 3.05. The van der Waals surface area contributed by atoms with Gasteiger partial charge in [0.15, 0.2) is 0 Å². The van der Waals surface area contributed by atoms with Gasteiger partial charge in [-0.3, -0.25) is 4.79 Å². The van der Waals surface area contributed by atoms with E-state index in [1.54, 1.807) is 0 Å². The monoisotopic (exact) mass is 197 g/mol. The Bertz CT molecular complexity index is 200. The molecule has 2 saturated heterocycles. The largest absolute Gasteiger partial charge is 0.354 e. The fourth-order valence-electron chi connectivity index (χ4n) is 2.24. The second kappa shape index (κ2) is 4.75. The van der Waals surface area contributed by atoms with Crippen molar-refractivity contribution in [2.24, 2.45) is 0 Å². The Labute approximate surface area is 84.8 Å². The fraction of sp³-hybridized carbons (Fsp3) is 0.900. The van der Waals surface area contributed by atoms with Crippen LogP contribution in [0, 0.1) is 0 Å². The second-order valence-electron chi connectivity index (χ2n) is 4.25. The van der Waals surface area contributed by atoms with Gasteiger partial charge in [0, 0.05) is 25.0 Å². The molecule has 2 fully saturated rings. The van der Waals surface area contributed by atoms with Crippen LogP contribution in [0.5, 0.6) is 0 Å². The van der Waals surface area contributed by atoms with Crippen LogP contribution in [0.15, 0.2) is 0 Å². The minimum Gasteiger partial charge on any atom is -0.354 e. The van der Waals surface area contributed by atoms with Crippen molar-refractivity contribution in [1.82, 2.24) is 16.0 Å². The number of hydrogen-bond donors (Lipinski definition) is 3. The maximum Gasteiger partial charge on any atom is 0.221 e. The molecule has 0 radical (unpaired) electrons. The van der Waals surface area contributed by atoms with Crippen molar-refractivity contribution in [2.75, 3.05) is 19.6 Å². The normalized spacial score (nSPS) is 33.9. The highest BCUT2D eigenvalue weighted by Gasteiger charge is 2.23. The van der Waals surface area contributed by atoms with E-state index in [1.807, 2.05) is 0 Å². The van der Waals surface area contributed by atoms with Crippen LogP contribution < -0.4 is 16.0 Å². The lowest BCUT2D eigenvalue weighted by molar-refractivity contribution is -0.119. The summed E-state index contributed by atoms with van der Waals surface area (Å²) in [5, 5.41) is 9.81. The average Bonchev–Trinajstić information content (AvgIpc) is 2.43. The zero-order valence-electron chi connectivity index (χ0n) is 8.51. The Hall–Kier alpha value is -0.610. The smallest absolute Gasteiger partial charge is 0.221 e. The molecule has 2 rings (SSSR count). The van der Waals surface area contributed by atoms with E-state index >= 15 is 0 Å². The number of rotatable bonds is 2. The molecule has 2 atom stereocenters. The predicted octanol–water partition coefficient (Wildman–Crippen LogP) is -0.393. The molecule has 0 aromatic rings. The third kappa shape index (κ3) is 2.69. The molecule has 2 aliphatic heterocycles. The number of amides is 1. The molecule has 0 bridgehead atoms. The average molecular weight is 197 g/mol. The minimum absolute atomic E-state index is 0.189. The molecule has 4 nitrogen and oxygen atoms in total. The summed E-state index contributed by atoms with van der Waals surface area (Å²) in [4.78, 5) is 11.0. The minimum atomic E-state index is 0.189. The van der Waals surface area contributed by atoms with Gasteiger partial charge >= 0.3 is 0 Å². The first-order valence-electron chi connectivity index (χ1n) is 5.58. The standard InChI is InChI=1S/C10H19N3O/c14-10-6-9(7-12-10)13-8-2-1-4-11-5-3-8/h8-9,11,13H,1-7H2,(H,12,14). The van der Waals surface area contributed by atoms with Gasteiger partial charge in [-0.25, -0.2) is 0 Å². The van der Waals surface area contributed by atoms with E-state index in [9.17, 15) is 4.79 Å². The SMILES string of the molecule is O=C1CC(NC2CCCNCC2)CN1. The van der Waals surface area contributed by atoms with Crippen molar-refractivity contribution >= 4 is 5.91 Å². The van der Waals surface area contributed by atoms with Crippen LogP contribution in [0.2, 0.25) is 0 Å². The predicted molar refractivity (Wildman–Crippen MR) is 55.1 cm³/mol. The quantitative estimate of drug-likeness (QED) is 0.565. The van der Waals surface area contributed by atoms with Crippen molar-refractivity contribution in [1.29, 1.82) is 0 Å². The maximum absolute atomic E-state index is 11.0. The van der Waals surface area contributed by atoms with Gasteiger partial charge in [0.1, 0.15) is 0 Å². The summed E-state index contributed by atoms with van der Waals surface area (Å²) in [7, 11) is 0. The Balaban J connectivity index is 1.75. The zero-order chi connectivity index (χ0) is 9.80. The third-order valence-corrected chi connectivity index (χ3v) is 3.02. The Morgan fingerprint density at radius 3 is 2.93 bits per heavy atom. The molecule has 14 heavy (non-hydrogen) atoms. The summed E-state index contributed by atoms with van der Waals surface area (Å²) >= 11 is 0. The van der Waals surface area contributed by atoms with Crippen molar-refractivity contribution in [3.63, 3.8) is 0 Å². The van der Waals surface area contributed by atoms with E-state index in [1.165, 1.54) is 19.3 Å². The topological polar surface area (TPSA) is 53.2 Å². The summed E-state index contributed by atoms with van der Waals surface area (Å²) in [6.07, 6.45) is 4.32. The van der Waals surface area contributed by atoms with Crippen LogP contribution >= 0.6 is 0 Å². The van der Waals surface area contributed by atoms with Gasteiger partial charge in [0.25, 0.3) is 0 Å². The lowest BCUT2D eigenvalue weighted by atomic mass is 10.1. The fourth-order valence-corrected chi connectivity index (χ4v) is 2.24. The first kappa shape index (κ1) is 9.93. The highest BCUT2D eigenvalue weighted by molar-refractivity contribution is 5.78. The summed E-state index contributed by atoms with van der Waals surface area (Å²) < 4.78 is 0. The maximum atomic E-state index is 11.0. The van der Waals surface area contributed by atoms with Crippen LogP contribution in [-0.4, -0.2) is 37.6 Å². The van der Waals surface area contributed by atoms with Gasteiger partial charge in [-0.05, 0) is 32.4 Å². The van der Waals surface area contributed by atoms with Crippen molar-refractivity contribution in [3.8, 4) is 0 Å². The molecule has 2 heterocycles. The molecular formula is C10H19N3O. The summed E-state index contributed by atoms with van der Waals surface area (Å²) in [5.41, 5.74) is 0. The van der Waals surface area contributed by atoms with E-state index in [0.29, 0.717) is 18.5 Å². The summed E-state index contributed by atoms with van der Waals surface area (Å²) in [5.74, 6) is 0.189. The number of nitrogens with one attached hydrogen (secondary N) is 3. The first-order valence-corrected chi connectivity index (χ1v) is 5.58. The van der Waals surface area contributed by atoms with E-state index in [4.69, 9.17) is 0 Å². The molecule has 0 aromatic carbocycles. The zero-order valence-corrected chi connectivity index (χ0v) is 8.51. The van der Waals surface area contributed by atoms with Gasteiger partial charge < -0.3 is 16.0 Å². The van der Waals surface area contributed by atoms with Gasteiger partial charge in [0.2, 0.25) is 5.91 Å². The molecule has 0 saturated carbocycles. The molecule has 80 valence electrons.